The van der Waals surface area contributed by atoms with Gasteiger partial charge in [0.15, 0.2) is 0 Å². The van der Waals surface area contributed by atoms with Gasteiger partial charge in [-0.05, 0) is 38.1 Å². The lowest BCUT2D eigenvalue weighted by Gasteiger charge is -2.21. The number of aromatic nitrogens is 2. The van der Waals surface area contributed by atoms with Gasteiger partial charge in [-0.2, -0.15) is 0 Å². The summed E-state index contributed by atoms with van der Waals surface area (Å²) in [5.41, 5.74) is 3.55. The van der Waals surface area contributed by atoms with E-state index >= 15 is 0 Å². The lowest BCUT2D eigenvalue weighted by Crippen LogP contribution is -2.32. The first-order valence-corrected chi connectivity index (χ1v) is 9.34. The van der Waals surface area contributed by atoms with E-state index < -0.39 is 0 Å². The second-order valence-corrected chi connectivity index (χ2v) is 7.29. The molecule has 5 heteroatoms. The van der Waals surface area contributed by atoms with E-state index in [0.29, 0.717) is 13.0 Å². The molecule has 0 aliphatic carbocycles. The van der Waals surface area contributed by atoms with E-state index in [0.717, 1.165) is 34.6 Å². The summed E-state index contributed by atoms with van der Waals surface area (Å²) in [6.07, 6.45) is 2.35. The van der Waals surface area contributed by atoms with E-state index in [4.69, 9.17) is 9.72 Å². The molecule has 2 aromatic carbocycles. The zero-order valence-electron chi connectivity index (χ0n) is 15.6. The van der Waals surface area contributed by atoms with Crippen molar-refractivity contribution in [1.29, 1.82) is 0 Å². The van der Waals surface area contributed by atoms with Crippen molar-refractivity contribution in [3.63, 3.8) is 0 Å². The minimum Gasteiger partial charge on any atom is -0.493 e. The highest BCUT2D eigenvalue weighted by Gasteiger charge is 2.31. The van der Waals surface area contributed by atoms with Gasteiger partial charge >= 0.3 is 0 Å². The molecule has 0 radical (unpaired) electrons. The van der Waals surface area contributed by atoms with Crippen molar-refractivity contribution >= 4 is 16.9 Å². The van der Waals surface area contributed by atoms with E-state index in [1.807, 2.05) is 53.4 Å². The summed E-state index contributed by atoms with van der Waals surface area (Å²) >= 11 is 0. The minimum absolute atomic E-state index is 0.221. The number of ether oxygens (including phenoxy) is 1. The van der Waals surface area contributed by atoms with Gasteiger partial charge in [0.1, 0.15) is 5.75 Å². The van der Waals surface area contributed by atoms with Crippen LogP contribution in [-0.4, -0.2) is 40.0 Å². The van der Waals surface area contributed by atoms with Gasteiger partial charge in [-0.1, -0.05) is 24.3 Å². The summed E-state index contributed by atoms with van der Waals surface area (Å²) in [7, 11) is 0. The monoisotopic (exact) mass is 361 g/mol. The Morgan fingerprint density at radius 2 is 1.96 bits per heavy atom. The largest absolute Gasteiger partial charge is 0.493 e. The Bertz CT molecular complexity index is 970. The maximum absolute atomic E-state index is 12.0. The predicted octanol–water partition coefficient (Wildman–Crippen LogP) is 3.93. The molecule has 4 rings (SSSR count). The predicted molar refractivity (Wildman–Crippen MR) is 105 cm³/mol. The molecule has 0 bridgehead atoms. The number of hydrogen-bond donors (Lipinski definition) is 0. The van der Waals surface area contributed by atoms with Crippen LogP contribution in [-0.2, 0) is 4.79 Å². The Hall–Kier alpha value is -2.95. The van der Waals surface area contributed by atoms with Crippen LogP contribution in [0.1, 0.15) is 20.3 Å². The SMILES string of the molecule is CC(C)N1CC(COc2cccc(-c3cnc4ccccc4n3)c2)CC1=O. The summed E-state index contributed by atoms with van der Waals surface area (Å²) in [5.74, 6) is 1.25. The Labute approximate surface area is 159 Å². The van der Waals surface area contributed by atoms with Gasteiger partial charge in [0.2, 0.25) is 5.91 Å². The highest BCUT2D eigenvalue weighted by atomic mass is 16.5. The van der Waals surface area contributed by atoms with Crippen LogP contribution in [0.5, 0.6) is 5.75 Å². The topological polar surface area (TPSA) is 55.3 Å². The third kappa shape index (κ3) is 3.77. The van der Waals surface area contributed by atoms with Crippen LogP contribution in [0.2, 0.25) is 0 Å². The van der Waals surface area contributed by atoms with E-state index in [1.165, 1.54) is 0 Å². The van der Waals surface area contributed by atoms with Gasteiger partial charge in [0, 0.05) is 30.5 Å². The average molecular weight is 361 g/mol. The Kier molecular flexibility index (Phi) is 4.75. The fourth-order valence-electron chi connectivity index (χ4n) is 3.47. The molecule has 1 atom stereocenters. The maximum Gasteiger partial charge on any atom is 0.223 e. The molecule has 0 spiro atoms. The van der Waals surface area contributed by atoms with Crippen molar-refractivity contribution in [2.45, 2.75) is 26.3 Å². The molecule has 5 nitrogen and oxygen atoms in total. The van der Waals surface area contributed by atoms with Crippen LogP contribution in [0.15, 0.2) is 54.7 Å². The van der Waals surface area contributed by atoms with E-state index in [9.17, 15) is 4.79 Å². The summed E-state index contributed by atoms with van der Waals surface area (Å²) < 4.78 is 5.99. The molecule has 138 valence electrons. The summed E-state index contributed by atoms with van der Waals surface area (Å²) in [5, 5.41) is 0. The van der Waals surface area contributed by atoms with Crippen LogP contribution in [0.3, 0.4) is 0 Å². The molecule has 3 aromatic rings. The lowest BCUT2D eigenvalue weighted by molar-refractivity contribution is -0.129. The number of amides is 1. The van der Waals surface area contributed by atoms with E-state index in [1.54, 1.807) is 6.20 Å². The fraction of sp³-hybridized carbons (Fsp3) is 0.318. The van der Waals surface area contributed by atoms with Crippen molar-refractivity contribution in [2.24, 2.45) is 5.92 Å². The average Bonchev–Trinajstić information content (AvgIpc) is 3.07. The highest BCUT2D eigenvalue weighted by molar-refractivity contribution is 5.79. The number of benzene rings is 2. The summed E-state index contributed by atoms with van der Waals surface area (Å²) in [6, 6.07) is 16.0. The fourth-order valence-corrected chi connectivity index (χ4v) is 3.47. The van der Waals surface area contributed by atoms with Crippen LogP contribution in [0, 0.1) is 5.92 Å². The van der Waals surface area contributed by atoms with Crippen molar-refractivity contribution in [3.8, 4) is 17.0 Å². The number of likely N-dealkylation sites (tertiary alicyclic amines) is 1. The highest BCUT2D eigenvalue weighted by Crippen LogP contribution is 2.25. The van der Waals surface area contributed by atoms with Gasteiger partial charge in [-0.25, -0.2) is 4.98 Å². The first-order chi connectivity index (χ1) is 13.1. The number of rotatable bonds is 5. The van der Waals surface area contributed by atoms with Gasteiger partial charge in [0.25, 0.3) is 0 Å². The van der Waals surface area contributed by atoms with E-state index in [2.05, 4.69) is 18.8 Å². The van der Waals surface area contributed by atoms with Crippen LogP contribution in [0.4, 0.5) is 0 Å². The standard InChI is InChI=1S/C22H23N3O2/c1-15(2)25-13-16(10-22(25)26)14-27-18-7-5-6-17(11-18)21-12-23-19-8-3-4-9-20(19)24-21/h3-9,11-12,15-16H,10,13-14H2,1-2H3. The molecular formula is C22H23N3O2. The van der Waals surface area contributed by atoms with Gasteiger partial charge in [-0.3, -0.25) is 9.78 Å². The van der Waals surface area contributed by atoms with Crippen molar-refractivity contribution < 1.29 is 9.53 Å². The van der Waals surface area contributed by atoms with Crippen LogP contribution >= 0.6 is 0 Å². The smallest absolute Gasteiger partial charge is 0.223 e. The third-order valence-corrected chi connectivity index (χ3v) is 4.93. The molecule has 2 heterocycles. The molecule has 0 N–H and O–H groups in total. The quantitative estimate of drug-likeness (QED) is 0.691. The van der Waals surface area contributed by atoms with Crippen molar-refractivity contribution in [3.05, 3.63) is 54.7 Å². The molecule has 1 aliphatic rings. The number of carbonyl (C=O) groups excluding carboxylic acids is 1. The second-order valence-electron chi connectivity index (χ2n) is 7.29. The van der Waals surface area contributed by atoms with Crippen LogP contribution < -0.4 is 4.74 Å². The minimum atomic E-state index is 0.221. The second kappa shape index (κ2) is 7.35. The molecule has 1 unspecified atom stereocenters. The molecule has 27 heavy (non-hydrogen) atoms. The number of para-hydroxylation sites is 2. The number of hydrogen-bond acceptors (Lipinski definition) is 4. The van der Waals surface area contributed by atoms with E-state index in [-0.39, 0.29) is 17.9 Å². The molecule has 1 aliphatic heterocycles. The first kappa shape index (κ1) is 17.5. The van der Waals surface area contributed by atoms with Gasteiger partial charge in [-0.15, -0.1) is 0 Å². The van der Waals surface area contributed by atoms with Crippen molar-refractivity contribution in [2.75, 3.05) is 13.2 Å². The Balaban J connectivity index is 1.47. The normalized spacial score (nSPS) is 17.1. The third-order valence-electron chi connectivity index (χ3n) is 4.93. The number of fused-ring (bicyclic) bond motifs is 1. The van der Waals surface area contributed by atoms with Gasteiger partial charge in [0.05, 0.1) is 29.5 Å². The summed E-state index contributed by atoms with van der Waals surface area (Å²) in [4.78, 5) is 23.1. The molecular weight excluding hydrogens is 338 g/mol. The maximum atomic E-state index is 12.0. The first-order valence-electron chi connectivity index (χ1n) is 9.34. The zero-order valence-corrected chi connectivity index (χ0v) is 15.6. The van der Waals surface area contributed by atoms with Crippen LogP contribution in [0.25, 0.3) is 22.3 Å². The number of nitrogens with zero attached hydrogens (tertiary/aromatic N) is 3. The molecule has 1 aromatic heterocycles. The summed E-state index contributed by atoms with van der Waals surface area (Å²) in [6.45, 7) is 5.42. The Morgan fingerprint density at radius 3 is 2.74 bits per heavy atom. The Morgan fingerprint density at radius 1 is 1.15 bits per heavy atom. The van der Waals surface area contributed by atoms with Crippen molar-refractivity contribution in [1.82, 2.24) is 14.9 Å². The molecule has 1 fully saturated rings. The van der Waals surface area contributed by atoms with Gasteiger partial charge < -0.3 is 9.64 Å². The molecule has 1 amide bonds. The lowest BCUT2D eigenvalue weighted by atomic mass is 10.1. The zero-order chi connectivity index (χ0) is 18.8. The molecule has 0 saturated carbocycles. The number of carbonyl (C=O) groups is 1. The molecule has 1 saturated heterocycles.